The molecule has 0 heterocycles. The summed E-state index contributed by atoms with van der Waals surface area (Å²) >= 11 is 0. The quantitative estimate of drug-likeness (QED) is 0.328. The third-order valence-electron chi connectivity index (χ3n) is 11.1. The van der Waals surface area contributed by atoms with Crippen LogP contribution in [0.25, 0.3) is 0 Å². The second-order valence-corrected chi connectivity index (χ2v) is 14.3. The highest BCUT2D eigenvalue weighted by molar-refractivity contribution is 7.85. The van der Waals surface area contributed by atoms with Gasteiger partial charge in [0.15, 0.2) is 0 Å². The molecule has 4 rings (SSSR count). The molecule has 9 heteroatoms. The Morgan fingerprint density at radius 1 is 1.06 bits per heavy atom. The van der Waals surface area contributed by atoms with Crippen molar-refractivity contribution in [3.63, 3.8) is 0 Å². The first-order chi connectivity index (χ1) is 16.2. The molecule has 0 aromatic rings. The smallest absolute Gasteiger partial charge is 0.266 e. The van der Waals surface area contributed by atoms with E-state index < -0.39 is 33.0 Å². The molecule has 0 aromatic carbocycles. The Morgan fingerprint density at radius 2 is 1.77 bits per heavy atom. The van der Waals surface area contributed by atoms with Gasteiger partial charge in [0, 0.05) is 18.4 Å². The summed E-state index contributed by atoms with van der Waals surface area (Å²) in [5.41, 5.74) is -1.27. The summed E-state index contributed by atoms with van der Waals surface area (Å²) in [7, 11) is -4.10. The van der Waals surface area contributed by atoms with Gasteiger partial charge in [-0.05, 0) is 92.8 Å². The van der Waals surface area contributed by atoms with Gasteiger partial charge in [0.25, 0.3) is 10.1 Å². The largest absolute Gasteiger partial charge is 0.393 e. The average molecular weight is 516 g/mol. The van der Waals surface area contributed by atoms with E-state index in [9.17, 15) is 28.5 Å². The molecule has 4 fully saturated rings. The van der Waals surface area contributed by atoms with E-state index in [1.54, 1.807) is 0 Å². The molecule has 8 nitrogen and oxygen atoms in total. The van der Waals surface area contributed by atoms with Gasteiger partial charge in [-0.15, -0.1) is 0 Å². The summed E-state index contributed by atoms with van der Waals surface area (Å²) in [4.78, 5) is 12.2. The fourth-order valence-electron chi connectivity index (χ4n) is 9.18. The van der Waals surface area contributed by atoms with E-state index in [1.165, 1.54) is 0 Å². The Labute approximate surface area is 210 Å². The Morgan fingerprint density at radius 3 is 2.46 bits per heavy atom. The molecule has 0 spiro atoms. The summed E-state index contributed by atoms with van der Waals surface area (Å²) in [6, 6.07) is 0. The SMILES string of the molecule is C[C@H](CCC(=O)NCCS(=O)(=O)O)[C@@H]1CC[C@@H]2[C@@]3(O)CC[C@H]4C[C@H](O)CC[C@]4(C)[C@@H]3C[C@H](O)[C@@]21C. The fraction of sp³-hybridized carbons (Fsp3) is 0.962. The highest BCUT2D eigenvalue weighted by Crippen LogP contribution is 2.69. The topological polar surface area (TPSA) is 144 Å². The van der Waals surface area contributed by atoms with Crippen molar-refractivity contribution in [3.8, 4) is 0 Å². The Hall–Kier alpha value is -0.740. The van der Waals surface area contributed by atoms with E-state index in [-0.39, 0.29) is 54.1 Å². The van der Waals surface area contributed by atoms with Crippen LogP contribution in [0.3, 0.4) is 0 Å². The first-order valence-electron chi connectivity index (χ1n) is 13.5. The predicted octanol–water partition coefficient (Wildman–Crippen LogP) is 2.51. The van der Waals surface area contributed by atoms with Gasteiger partial charge in [0.1, 0.15) is 0 Å². The second-order valence-electron chi connectivity index (χ2n) is 12.7. The minimum absolute atomic E-state index is 0.0180. The van der Waals surface area contributed by atoms with E-state index in [2.05, 4.69) is 26.1 Å². The lowest BCUT2D eigenvalue weighted by Crippen LogP contribution is -2.67. The maximum atomic E-state index is 12.3. The number of rotatable bonds is 7. The standard InChI is InChI=1S/C26H45NO7S/c1-16(4-7-23(30)27-12-13-35(32,33)34)19-5-6-20-25(19,3)22(29)15-21-24(2)10-9-18(28)14-17(24)8-11-26(20,21)31/h16-22,28-29,31H,4-15H2,1-3H3,(H,27,30)(H,32,33,34)/t16-,17+,18-,19+,20+,21+,22+,24+,25-,26+/m1/s1. The van der Waals surface area contributed by atoms with Gasteiger partial charge in [-0.2, -0.15) is 8.42 Å². The van der Waals surface area contributed by atoms with Crippen LogP contribution in [0.4, 0.5) is 0 Å². The van der Waals surface area contributed by atoms with Crippen molar-refractivity contribution in [3.05, 3.63) is 0 Å². The molecule has 0 bridgehead atoms. The van der Waals surface area contributed by atoms with Gasteiger partial charge in [-0.25, -0.2) is 0 Å². The number of carbonyl (C=O) groups excluding carboxylic acids is 1. The van der Waals surface area contributed by atoms with Crippen LogP contribution in [0.1, 0.15) is 85.0 Å². The summed E-state index contributed by atoms with van der Waals surface area (Å²) in [5.74, 6) is 0.0702. The van der Waals surface area contributed by atoms with Gasteiger partial charge in [-0.1, -0.05) is 20.8 Å². The zero-order chi connectivity index (χ0) is 25.8. The Bertz CT molecular complexity index is 911. The number of aliphatic hydroxyl groups is 3. The monoisotopic (exact) mass is 515 g/mol. The van der Waals surface area contributed by atoms with Crippen molar-refractivity contribution in [2.24, 2.45) is 40.4 Å². The van der Waals surface area contributed by atoms with Crippen LogP contribution in [-0.2, 0) is 14.9 Å². The highest BCUT2D eigenvalue weighted by atomic mass is 32.2. The lowest BCUT2D eigenvalue weighted by molar-refractivity contribution is -0.254. The minimum atomic E-state index is -4.10. The highest BCUT2D eigenvalue weighted by Gasteiger charge is 2.69. The molecule has 10 atom stereocenters. The van der Waals surface area contributed by atoms with Gasteiger partial charge in [0.2, 0.25) is 5.91 Å². The van der Waals surface area contributed by atoms with Crippen molar-refractivity contribution < 1.29 is 33.1 Å². The van der Waals surface area contributed by atoms with Crippen molar-refractivity contribution in [1.29, 1.82) is 0 Å². The molecule has 202 valence electrons. The van der Waals surface area contributed by atoms with E-state index in [0.29, 0.717) is 18.8 Å². The van der Waals surface area contributed by atoms with E-state index in [0.717, 1.165) is 44.9 Å². The number of nitrogens with one attached hydrogen (secondary N) is 1. The van der Waals surface area contributed by atoms with E-state index in [4.69, 9.17) is 4.55 Å². The first kappa shape index (κ1) is 27.3. The van der Waals surface area contributed by atoms with Gasteiger partial charge in [0.05, 0.1) is 23.6 Å². The molecule has 0 unspecified atom stereocenters. The van der Waals surface area contributed by atoms with Gasteiger partial charge >= 0.3 is 0 Å². The van der Waals surface area contributed by atoms with Gasteiger partial charge in [-0.3, -0.25) is 9.35 Å². The van der Waals surface area contributed by atoms with Crippen LogP contribution in [0.15, 0.2) is 0 Å². The molecule has 4 aliphatic carbocycles. The average Bonchev–Trinajstić information content (AvgIpc) is 3.14. The van der Waals surface area contributed by atoms with Crippen molar-refractivity contribution in [1.82, 2.24) is 5.32 Å². The number of hydrogen-bond donors (Lipinski definition) is 5. The minimum Gasteiger partial charge on any atom is -0.393 e. The fourth-order valence-corrected chi connectivity index (χ4v) is 9.54. The zero-order valence-corrected chi connectivity index (χ0v) is 22.3. The van der Waals surface area contributed by atoms with Crippen molar-refractivity contribution >= 4 is 16.0 Å². The van der Waals surface area contributed by atoms with Crippen LogP contribution in [0.5, 0.6) is 0 Å². The molecule has 4 saturated carbocycles. The Balaban J connectivity index is 1.44. The number of hydrogen-bond acceptors (Lipinski definition) is 6. The maximum Gasteiger partial charge on any atom is 0.266 e. The summed E-state index contributed by atoms with van der Waals surface area (Å²) in [5, 5.41) is 36.7. The molecule has 5 N–H and O–H groups in total. The van der Waals surface area contributed by atoms with Crippen LogP contribution in [0.2, 0.25) is 0 Å². The number of fused-ring (bicyclic) bond motifs is 5. The van der Waals surface area contributed by atoms with Crippen molar-refractivity contribution in [2.75, 3.05) is 12.3 Å². The van der Waals surface area contributed by atoms with Gasteiger partial charge < -0.3 is 20.6 Å². The molecule has 0 radical (unpaired) electrons. The van der Waals surface area contributed by atoms with Crippen molar-refractivity contribution in [2.45, 2.75) is 103 Å². The third kappa shape index (κ3) is 4.80. The second kappa shape index (κ2) is 9.53. The zero-order valence-electron chi connectivity index (χ0n) is 21.4. The lowest BCUT2D eigenvalue weighted by atomic mass is 9.42. The van der Waals surface area contributed by atoms with E-state index >= 15 is 0 Å². The normalized spacial score (nSPS) is 46.3. The number of aliphatic hydroxyl groups excluding tert-OH is 2. The molecule has 4 aliphatic rings. The Kier molecular flexibility index (Phi) is 7.43. The van der Waals surface area contributed by atoms with Crippen LogP contribution < -0.4 is 5.32 Å². The molecule has 0 saturated heterocycles. The summed E-state index contributed by atoms with van der Waals surface area (Å²) < 4.78 is 30.5. The van der Waals surface area contributed by atoms with Crippen LogP contribution in [-0.4, -0.2) is 64.3 Å². The lowest BCUT2D eigenvalue weighted by Gasteiger charge is -2.65. The maximum absolute atomic E-state index is 12.3. The summed E-state index contributed by atoms with van der Waals surface area (Å²) in [6.07, 6.45) is 6.61. The molecular weight excluding hydrogens is 470 g/mol. The summed E-state index contributed by atoms with van der Waals surface area (Å²) in [6.45, 7) is 6.44. The number of amides is 1. The van der Waals surface area contributed by atoms with Crippen LogP contribution >= 0.6 is 0 Å². The first-order valence-corrected chi connectivity index (χ1v) is 15.1. The number of carbonyl (C=O) groups is 1. The van der Waals surface area contributed by atoms with Crippen LogP contribution in [0, 0.1) is 40.4 Å². The third-order valence-corrected chi connectivity index (χ3v) is 11.8. The molecule has 35 heavy (non-hydrogen) atoms. The van der Waals surface area contributed by atoms with E-state index in [1.807, 2.05) is 0 Å². The molecule has 1 amide bonds. The molecular formula is C26H45NO7S. The predicted molar refractivity (Wildman–Crippen MR) is 132 cm³/mol. The molecule has 0 aliphatic heterocycles. The molecule has 0 aromatic heterocycles.